The van der Waals surface area contributed by atoms with Gasteiger partial charge in [-0.15, -0.1) is 0 Å². The van der Waals surface area contributed by atoms with Crippen LogP contribution in [0.1, 0.15) is 96.8 Å². The first kappa shape index (κ1) is 35.5. The minimum atomic E-state index is -1.77. The molecule has 0 amide bonds. The second kappa shape index (κ2) is 18.7. The van der Waals surface area contributed by atoms with Crippen molar-refractivity contribution < 1.29 is 13.3 Å². The van der Waals surface area contributed by atoms with Crippen molar-refractivity contribution in [3.8, 4) is 0 Å². The third kappa shape index (κ3) is 23.3. The van der Waals surface area contributed by atoms with Gasteiger partial charge in [-0.1, -0.05) is 90.4 Å². The zero-order valence-electron chi connectivity index (χ0n) is 25.6. The minimum absolute atomic E-state index is 0.0707. The van der Waals surface area contributed by atoms with Gasteiger partial charge in [-0.05, 0) is 65.3 Å². The van der Waals surface area contributed by atoms with E-state index in [0.717, 1.165) is 6.42 Å². The molecule has 7 heteroatoms. The van der Waals surface area contributed by atoms with Crippen molar-refractivity contribution in [2.45, 2.75) is 174 Å². The van der Waals surface area contributed by atoms with Gasteiger partial charge in [0.2, 0.25) is 0 Å². The molecule has 2 N–H and O–H groups in total. The van der Waals surface area contributed by atoms with Crippen molar-refractivity contribution in [3.05, 3.63) is 0 Å². The van der Waals surface area contributed by atoms with Crippen LogP contribution in [0.4, 0.5) is 0 Å². The van der Waals surface area contributed by atoms with E-state index in [1.54, 1.807) is 0 Å². The summed E-state index contributed by atoms with van der Waals surface area (Å²) in [7, 11) is -5.12. The van der Waals surface area contributed by atoms with Crippen molar-refractivity contribution in [2.24, 2.45) is 5.73 Å². The lowest BCUT2D eigenvalue weighted by atomic mass is 10.00. The maximum atomic E-state index is 6.73. The summed E-state index contributed by atoms with van der Waals surface area (Å²) >= 11 is 0. The standard InChI is InChI=1S/C28H65NO3Si3/c1-11-12-13-14-15-16-17-18-19-20-21-22-23-24-27(31-34(5,6)7)28(32-35(8,9)10)26(29)25-30-33(2,3)4/h26-28H,11-25,29H2,1-10H3/t26-,27+,28-/m0/s1. The molecule has 0 aliphatic rings. The highest BCUT2D eigenvalue weighted by atomic mass is 28.4. The van der Waals surface area contributed by atoms with Crippen molar-refractivity contribution in [2.75, 3.05) is 6.61 Å². The molecular weight excluding hydrogens is 483 g/mol. The predicted molar refractivity (Wildman–Crippen MR) is 164 cm³/mol. The smallest absolute Gasteiger partial charge is 0.184 e. The zero-order valence-corrected chi connectivity index (χ0v) is 28.6. The van der Waals surface area contributed by atoms with E-state index in [1.807, 2.05) is 0 Å². The largest absolute Gasteiger partial charge is 0.416 e. The number of hydrogen-bond acceptors (Lipinski definition) is 4. The van der Waals surface area contributed by atoms with Gasteiger partial charge in [0, 0.05) is 0 Å². The molecule has 0 saturated carbocycles. The maximum absolute atomic E-state index is 6.73. The monoisotopic (exact) mass is 547 g/mol. The van der Waals surface area contributed by atoms with Crippen LogP contribution >= 0.6 is 0 Å². The van der Waals surface area contributed by atoms with Crippen LogP contribution < -0.4 is 5.73 Å². The highest BCUT2D eigenvalue weighted by molar-refractivity contribution is 6.70. The van der Waals surface area contributed by atoms with Crippen LogP contribution in [0.3, 0.4) is 0 Å². The summed E-state index contributed by atoms with van der Waals surface area (Å²) in [6.45, 7) is 23.1. The third-order valence-corrected chi connectivity index (χ3v) is 9.11. The van der Waals surface area contributed by atoms with Gasteiger partial charge in [-0.25, -0.2) is 0 Å². The normalized spacial score (nSPS) is 15.9. The fourth-order valence-electron chi connectivity index (χ4n) is 4.40. The molecule has 0 spiro atoms. The van der Waals surface area contributed by atoms with Gasteiger partial charge in [0.05, 0.1) is 24.9 Å². The van der Waals surface area contributed by atoms with Gasteiger partial charge in [-0.3, -0.25) is 0 Å². The summed E-state index contributed by atoms with van der Waals surface area (Å²) in [5.74, 6) is 0. The summed E-state index contributed by atoms with van der Waals surface area (Å²) in [5, 5.41) is 0. The lowest BCUT2D eigenvalue weighted by molar-refractivity contribution is 0.0109. The van der Waals surface area contributed by atoms with Crippen molar-refractivity contribution in [1.82, 2.24) is 0 Å². The topological polar surface area (TPSA) is 53.7 Å². The number of unbranched alkanes of at least 4 members (excludes halogenated alkanes) is 12. The van der Waals surface area contributed by atoms with Gasteiger partial charge in [-0.2, -0.15) is 0 Å². The van der Waals surface area contributed by atoms with E-state index >= 15 is 0 Å². The van der Waals surface area contributed by atoms with Crippen LogP contribution in [0.25, 0.3) is 0 Å². The molecule has 0 fully saturated rings. The van der Waals surface area contributed by atoms with Crippen molar-refractivity contribution >= 4 is 25.0 Å². The summed E-state index contributed by atoms with van der Waals surface area (Å²) < 4.78 is 19.6. The molecule has 0 aromatic carbocycles. The summed E-state index contributed by atoms with van der Waals surface area (Å²) in [6.07, 6.45) is 18.9. The lowest BCUT2D eigenvalue weighted by Gasteiger charge is -2.39. The Morgan fingerprint density at radius 2 is 0.943 bits per heavy atom. The number of hydrogen-bond donors (Lipinski definition) is 1. The van der Waals surface area contributed by atoms with Crippen LogP contribution in [-0.4, -0.2) is 49.8 Å². The summed E-state index contributed by atoms with van der Waals surface area (Å²) in [5.41, 5.74) is 6.73. The van der Waals surface area contributed by atoms with Gasteiger partial charge in [0.25, 0.3) is 0 Å². The molecule has 212 valence electrons. The Hall–Kier alpha value is 0.491. The van der Waals surface area contributed by atoms with Crippen molar-refractivity contribution in [1.29, 1.82) is 0 Å². The first-order chi connectivity index (χ1) is 16.1. The molecule has 3 atom stereocenters. The summed E-state index contributed by atoms with van der Waals surface area (Å²) in [6, 6.07) is -0.142. The minimum Gasteiger partial charge on any atom is -0.416 e. The fraction of sp³-hybridized carbons (Fsp3) is 1.00. The Labute approximate surface area is 224 Å². The quantitative estimate of drug-likeness (QED) is 0.102. The molecule has 0 rings (SSSR count). The van der Waals surface area contributed by atoms with E-state index < -0.39 is 25.0 Å². The highest BCUT2D eigenvalue weighted by Gasteiger charge is 2.36. The second-order valence-electron chi connectivity index (χ2n) is 13.6. The highest BCUT2D eigenvalue weighted by Crippen LogP contribution is 2.24. The van der Waals surface area contributed by atoms with Crippen LogP contribution in [0.5, 0.6) is 0 Å². The molecule has 0 radical (unpaired) electrons. The van der Waals surface area contributed by atoms with Crippen molar-refractivity contribution in [3.63, 3.8) is 0 Å². The lowest BCUT2D eigenvalue weighted by Crippen LogP contribution is -2.55. The molecule has 0 aromatic heterocycles. The molecule has 0 heterocycles. The third-order valence-electron chi connectivity index (χ3n) is 6.08. The molecule has 0 unspecified atom stereocenters. The van der Waals surface area contributed by atoms with Gasteiger partial charge in [0.1, 0.15) is 0 Å². The Bertz CT molecular complexity index is 501. The molecule has 0 aromatic rings. The molecule has 0 aliphatic heterocycles. The Morgan fingerprint density at radius 1 is 0.543 bits per heavy atom. The molecule has 0 aliphatic carbocycles. The van der Waals surface area contributed by atoms with Gasteiger partial charge < -0.3 is 19.0 Å². The average molecular weight is 548 g/mol. The van der Waals surface area contributed by atoms with E-state index in [4.69, 9.17) is 19.0 Å². The van der Waals surface area contributed by atoms with E-state index in [0.29, 0.717) is 6.61 Å². The fourth-order valence-corrected chi connectivity index (χ4v) is 7.39. The molecular formula is C28H65NO3Si3. The number of nitrogens with two attached hydrogens (primary N) is 1. The van der Waals surface area contributed by atoms with Gasteiger partial charge in [0.15, 0.2) is 25.0 Å². The first-order valence-corrected chi connectivity index (χ1v) is 25.1. The van der Waals surface area contributed by atoms with E-state index in [-0.39, 0.29) is 18.2 Å². The Kier molecular flexibility index (Phi) is 19.0. The number of rotatable bonds is 23. The van der Waals surface area contributed by atoms with Crippen LogP contribution in [-0.2, 0) is 13.3 Å². The SMILES string of the molecule is CCCCCCCCCCCCCCC[C@@H](O[Si](C)(C)C)[C@@H](O[Si](C)(C)C)[C@@H](N)CO[Si](C)(C)C. The molecule has 35 heavy (non-hydrogen) atoms. The van der Waals surface area contributed by atoms with Crippen LogP contribution in [0, 0.1) is 0 Å². The Balaban J connectivity index is 4.59. The molecule has 0 saturated heterocycles. The molecule has 0 bridgehead atoms. The predicted octanol–water partition coefficient (Wildman–Crippen LogP) is 9.09. The zero-order chi connectivity index (χ0) is 27.0. The van der Waals surface area contributed by atoms with Crippen LogP contribution in [0.2, 0.25) is 58.9 Å². The van der Waals surface area contributed by atoms with Crippen LogP contribution in [0.15, 0.2) is 0 Å². The van der Waals surface area contributed by atoms with Gasteiger partial charge >= 0.3 is 0 Å². The second-order valence-corrected chi connectivity index (χ2v) is 27.0. The van der Waals surface area contributed by atoms with E-state index in [9.17, 15) is 0 Å². The maximum Gasteiger partial charge on any atom is 0.184 e. The van der Waals surface area contributed by atoms with E-state index in [2.05, 4.69) is 65.8 Å². The average Bonchev–Trinajstić information content (AvgIpc) is 2.70. The molecule has 4 nitrogen and oxygen atoms in total. The van der Waals surface area contributed by atoms with E-state index in [1.165, 1.54) is 83.5 Å². The summed E-state index contributed by atoms with van der Waals surface area (Å²) in [4.78, 5) is 0. The Morgan fingerprint density at radius 3 is 1.31 bits per heavy atom. The first-order valence-electron chi connectivity index (χ1n) is 14.9.